The van der Waals surface area contributed by atoms with E-state index >= 15 is 0 Å². The fourth-order valence-corrected chi connectivity index (χ4v) is 2.71. The molecule has 0 radical (unpaired) electrons. The van der Waals surface area contributed by atoms with Crippen LogP contribution in [0.4, 0.5) is 0 Å². The van der Waals surface area contributed by atoms with E-state index in [4.69, 9.17) is 4.42 Å². The van der Waals surface area contributed by atoms with Crippen LogP contribution in [0.25, 0.3) is 0 Å². The van der Waals surface area contributed by atoms with Crippen molar-refractivity contribution in [2.75, 3.05) is 12.3 Å². The molecule has 1 amide bonds. The summed E-state index contributed by atoms with van der Waals surface area (Å²) >= 11 is 1.66. The summed E-state index contributed by atoms with van der Waals surface area (Å²) in [5.41, 5.74) is 0. The lowest BCUT2D eigenvalue weighted by Crippen LogP contribution is -2.25. The molecule has 0 aliphatic rings. The van der Waals surface area contributed by atoms with Crippen molar-refractivity contribution in [3.8, 4) is 0 Å². The molecule has 4 nitrogen and oxygen atoms in total. The van der Waals surface area contributed by atoms with Gasteiger partial charge in [-0.2, -0.15) is 0 Å². The SMILES string of the molecule is O=C(CCSc1ccccc1)NCCC(O)c1ccco1. The van der Waals surface area contributed by atoms with Crippen LogP contribution >= 0.6 is 11.8 Å². The third-order valence-corrected chi connectivity index (χ3v) is 3.97. The number of carbonyl (C=O) groups excluding carboxylic acids is 1. The van der Waals surface area contributed by atoms with Crippen molar-refractivity contribution in [2.24, 2.45) is 0 Å². The van der Waals surface area contributed by atoms with Crippen molar-refractivity contribution in [2.45, 2.75) is 23.8 Å². The molecule has 2 rings (SSSR count). The molecule has 2 aromatic rings. The number of rotatable bonds is 8. The summed E-state index contributed by atoms with van der Waals surface area (Å²) < 4.78 is 5.10. The second-order valence-electron chi connectivity index (χ2n) is 4.58. The summed E-state index contributed by atoms with van der Waals surface area (Å²) in [4.78, 5) is 12.8. The van der Waals surface area contributed by atoms with Crippen LogP contribution in [-0.2, 0) is 4.79 Å². The van der Waals surface area contributed by atoms with E-state index in [0.717, 1.165) is 5.75 Å². The molecule has 0 saturated heterocycles. The Morgan fingerprint density at radius 3 is 2.76 bits per heavy atom. The highest BCUT2D eigenvalue weighted by Crippen LogP contribution is 2.18. The Bertz CT molecular complexity index is 528. The number of furan rings is 1. The summed E-state index contributed by atoms with van der Waals surface area (Å²) in [7, 11) is 0. The third kappa shape index (κ3) is 5.65. The smallest absolute Gasteiger partial charge is 0.220 e. The molecule has 0 fully saturated rings. The molecule has 112 valence electrons. The van der Waals surface area contributed by atoms with Gasteiger partial charge >= 0.3 is 0 Å². The van der Waals surface area contributed by atoms with Gasteiger partial charge in [0.05, 0.1) is 6.26 Å². The first-order valence-corrected chi connectivity index (χ1v) is 7.90. The zero-order valence-electron chi connectivity index (χ0n) is 11.7. The van der Waals surface area contributed by atoms with Gasteiger partial charge in [-0.05, 0) is 30.7 Å². The van der Waals surface area contributed by atoms with Crippen molar-refractivity contribution in [1.29, 1.82) is 0 Å². The number of benzene rings is 1. The molecule has 0 saturated carbocycles. The Morgan fingerprint density at radius 1 is 1.24 bits per heavy atom. The van der Waals surface area contributed by atoms with Gasteiger partial charge in [-0.25, -0.2) is 0 Å². The summed E-state index contributed by atoms with van der Waals surface area (Å²) in [6, 6.07) is 13.5. The Labute approximate surface area is 128 Å². The summed E-state index contributed by atoms with van der Waals surface area (Å²) in [6.07, 6.45) is 1.78. The van der Waals surface area contributed by atoms with Gasteiger partial charge in [-0.15, -0.1) is 11.8 Å². The van der Waals surface area contributed by atoms with Crippen LogP contribution in [-0.4, -0.2) is 23.3 Å². The van der Waals surface area contributed by atoms with Crippen molar-refractivity contribution < 1.29 is 14.3 Å². The van der Waals surface area contributed by atoms with Gasteiger partial charge in [0.25, 0.3) is 0 Å². The number of aliphatic hydroxyl groups is 1. The van der Waals surface area contributed by atoms with Gasteiger partial charge in [-0.3, -0.25) is 4.79 Å². The number of hydrogen-bond donors (Lipinski definition) is 2. The van der Waals surface area contributed by atoms with Crippen LogP contribution in [0.2, 0.25) is 0 Å². The molecule has 0 bridgehead atoms. The molecule has 0 aliphatic heterocycles. The molecule has 5 heteroatoms. The topological polar surface area (TPSA) is 62.5 Å². The van der Waals surface area contributed by atoms with Crippen LogP contribution in [0.1, 0.15) is 24.7 Å². The second-order valence-corrected chi connectivity index (χ2v) is 5.75. The molecule has 0 aliphatic carbocycles. The fourth-order valence-electron chi connectivity index (χ4n) is 1.84. The van der Waals surface area contributed by atoms with Crippen molar-refractivity contribution in [1.82, 2.24) is 5.32 Å². The second kappa shape index (κ2) is 8.54. The Balaban J connectivity index is 1.57. The van der Waals surface area contributed by atoms with E-state index in [2.05, 4.69) is 5.32 Å². The quantitative estimate of drug-likeness (QED) is 0.736. The van der Waals surface area contributed by atoms with E-state index in [9.17, 15) is 9.90 Å². The molecule has 1 unspecified atom stereocenters. The molecule has 21 heavy (non-hydrogen) atoms. The van der Waals surface area contributed by atoms with Gasteiger partial charge < -0.3 is 14.8 Å². The largest absolute Gasteiger partial charge is 0.467 e. The number of nitrogens with one attached hydrogen (secondary N) is 1. The van der Waals surface area contributed by atoms with Crippen molar-refractivity contribution in [3.05, 3.63) is 54.5 Å². The van der Waals surface area contributed by atoms with E-state index < -0.39 is 6.10 Å². The molecule has 1 atom stereocenters. The lowest BCUT2D eigenvalue weighted by Gasteiger charge is -2.09. The summed E-state index contributed by atoms with van der Waals surface area (Å²) in [6.45, 7) is 0.441. The zero-order chi connectivity index (χ0) is 14.9. The standard InChI is InChI=1S/C16H19NO3S/c18-14(15-7-4-11-20-15)8-10-17-16(19)9-12-21-13-5-2-1-3-6-13/h1-7,11,14,18H,8-10,12H2,(H,17,19). The highest BCUT2D eigenvalue weighted by molar-refractivity contribution is 7.99. The minimum atomic E-state index is -0.668. The number of carbonyl (C=O) groups is 1. The zero-order valence-corrected chi connectivity index (χ0v) is 12.5. The maximum Gasteiger partial charge on any atom is 0.220 e. The number of aliphatic hydroxyl groups excluding tert-OH is 1. The van der Waals surface area contributed by atoms with Gasteiger partial charge in [-0.1, -0.05) is 18.2 Å². The first kappa shape index (κ1) is 15.7. The Morgan fingerprint density at radius 2 is 2.05 bits per heavy atom. The minimum Gasteiger partial charge on any atom is -0.467 e. The first-order chi connectivity index (χ1) is 10.3. The fraction of sp³-hybridized carbons (Fsp3) is 0.312. The molecular weight excluding hydrogens is 286 g/mol. The van der Waals surface area contributed by atoms with Crippen molar-refractivity contribution in [3.63, 3.8) is 0 Å². The first-order valence-electron chi connectivity index (χ1n) is 6.92. The van der Waals surface area contributed by atoms with Crippen LogP contribution in [0.5, 0.6) is 0 Å². The van der Waals surface area contributed by atoms with E-state index in [1.54, 1.807) is 23.9 Å². The number of amides is 1. The Kier molecular flexibility index (Phi) is 6.37. The van der Waals surface area contributed by atoms with E-state index in [0.29, 0.717) is 25.1 Å². The van der Waals surface area contributed by atoms with E-state index in [-0.39, 0.29) is 5.91 Å². The van der Waals surface area contributed by atoms with Gasteiger partial charge in [0, 0.05) is 23.6 Å². The predicted octanol–water partition coefficient (Wildman–Crippen LogP) is 3.00. The average Bonchev–Trinajstić information content (AvgIpc) is 3.02. The van der Waals surface area contributed by atoms with Crippen LogP contribution in [0, 0.1) is 0 Å². The third-order valence-electron chi connectivity index (χ3n) is 2.95. The maximum absolute atomic E-state index is 11.7. The molecule has 1 aromatic heterocycles. The van der Waals surface area contributed by atoms with Crippen LogP contribution in [0.3, 0.4) is 0 Å². The van der Waals surface area contributed by atoms with E-state index in [1.807, 2.05) is 30.3 Å². The lowest BCUT2D eigenvalue weighted by atomic mass is 10.2. The Hall–Kier alpha value is -1.72. The van der Waals surface area contributed by atoms with Crippen molar-refractivity contribution >= 4 is 17.7 Å². The molecule has 1 heterocycles. The van der Waals surface area contributed by atoms with Crippen LogP contribution < -0.4 is 5.32 Å². The number of thioether (sulfide) groups is 1. The highest BCUT2D eigenvalue weighted by Gasteiger charge is 2.10. The molecule has 1 aromatic carbocycles. The average molecular weight is 305 g/mol. The lowest BCUT2D eigenvalue weighted by molar-refractivity contribution is -0.120. The minimum absolute atomic E-state index is 0.00470. The monoisotopic (exact) mass is 305 g/mol. The normalized spacial score (nSPS) is 12.0. The predicted molar refractivity (Wildman–Crippen MR) is 83.1 cm³/mol. The molecule has 2 N–H and O–H groups in total. The van der Waals surface area contributed by atoms with Gasteiger partial charge in [0.1, 0.15) is 11.9 Å². The molecular formula is C16H19NO3S. The highest BCUT2D eigenvalue weighted by atomic mass is 32.2. The molecule has 0 spiro atoms. The van der Waals surface area contributed by atoms with Gasteiger partial charge in [0.15, 0.2) is 0 Å². The van der Waals surface area contributed by atoms with Gasteiger partial charge in [0.2, 0.25) is 5.91 Å². The number of hydrogen-bond acceptors (Lipinski definition) is 4. The van der Waals surface area contributed by atoms with Crippen LogP contribution in [0.15, 0.2) is 58.0 Å². The van der Waals surface area contributed by atoms with E-state index in [1.165, 1.54) is 11.2 Å². The maximum atomic E-state index is 11.7. The summed E-state index contributed by atoms with van der Waals surface area (Å²) in [5.74, 6) is 1.28. The summed E-state index contributed by atoms with van der Waals surface area (Å²) in [5, 5.41) is 12.6.